The van der Waals surface area contributed by atoms with E-state index in [2.05, 4.69) is 14.9 Å². The molecule has 5 nitrogen and oxygen atoms in total. The second kappa shape index (κ2) is 2.34. The number of hydrogen-bond acceptors (Lipinski definition) is 4. The maximum Gasteiger partial charge on any atom is 0.323 e. The molecule has 1 saturated carbocycles. The monoisotopic (exact) mass is 153 g/mol. The van der Waals surface area contributed by atoms with E-state index in [1.54, 1.807) is 0 Å². The van der Waals surface area contributed by atoms with Crippen LogP contribution in [0.15, 0.2) is 6.33 Å². The van der Waals surface area contributed by atoms with Crippen molar-refractivity contribution in [3.05, 3.63) is 12.2 Å². The lowest BCUT2D eigenvalue weighted by Gasteiger charge is -1.97. The van der Waals surface area contributed by atoms with Gasteiger partial charge in [0.1, 0.15) is 6.33 Å². The predicted octanol–water partition coefficient (Wildman–Crippen LogP) is -0.260. The standard InChI is InChI=1S/C6H7N3O2/c10-4-11-9-6(5-1-2-5)7-3-8-9/h3-5H,1-2H2. The summed E-state index contributed by atoms with van der Waals surface area (Å²) in [5, 5.41) is 3.72. The topological polar surface area (TPSA) is 57.0 Å². The van der Waals surface area contributed by atoms with Crippen LogP contribution in [0.1, 0.15) is 24.6 Å². The smallest absolute Gasteiger partial charge is 0.321 e. The van der Waals surface area contributed by atoms with Crippen LogP contribution in [0.5, 0.6) is 0 Å². The van der Waals surface area contributed by atoms with Gasteiger partial charge in [0.05, 0.1) is 0 Å². The number of aromatic nitrogens is 3. The summed E-state index contributed by atoms with van der Waals surface area (Å²) < 4.78 is 0. The van der Waals surface area contributed by atoms with E-state index in [1.165, 1.54) is 11.2 Å². The van der Waals surface area contributed by atoms with Gasteiger partial charge in [0.25, 0.3) is 0 Å². The molecule has 0 amide bonds. The Morgan fingerprint density at radius 2 is 2.55 bits per heavy atom. The first-order chi connectivity index (χ1) is 5.42. The normalized spacial score (nSPS) is 16.4. The fraction of sp³-hybridized carbons (Fsp3) is 0.500. The maximum atomic E-state index is 9.96. The lowest BCUT2D eigenvalue weighted by molar-refractivity contribution is -0.131. The Morgan fingerprint density at radius 1 is 1.73 bits per heavy atom. The third-order valence-corrected chi connectivity index (χ3v) is 1.63. The van der Waals surface area contributed by atoms with Gasteiger partial charge in [-0.1, -0.05) is 4.85 Å². The van der Waals surface area contributed by atoms with Gasteiger partial charge in [-0.2, -0.15) is 0 Å². The molecule has 1 aromatic rings. The molecule has 2 rings (SSSR count). The summed E-state index contributed by atoms with van der Waals surface area (Å²) >= 11 is 0. The van der Waals surface area contributed by atoms with Crippen molar-refractivity contribution in [1.82, 2.24) is 14.9 Å². The summed E-state index contributed by atoms with van der Waals surface area (Å²) in [6, 6.07) is 0. The summed E-state index contributed by atoms with van der Waals surface area (Å²) in [5.74, 6) is 1.19. The fourth-order valence-electron chi connectivity index (χ4n) is 0.966. The summed E-state index contributed by atoms with van der Waals surface area (Å²) in [7, 11) is 0. The van der Waals surface area contributed by atoms with Gasteiger partial charge in [-0.05, 0) is 12.8 Å². The van der Waals surface area contributed by atoms with E-state index in [9.17, 15) is 4.79 Å². The van der Waals surface area contributed by atoms with Gasteiger partial charge in [0.15, 0.2) is 5.82 Å². The molecule has 0 aromatic carbocycles. The van der Waals surface area contributed by atoms with Crippen LogP contribution < -0.4 is 4.84 Å². The summed E-state index contributed by atoms with van der Waals surface area (Å²) in [5.41, 5.74) is 0. The molecule has 0 saturated heterocycles. The van der Waals surface area contributed by atoms with Gasteiger partial charge in [-0.25, -0.2) is 4.98 Å². The number of carbonyl (C=O) groups excluding carboxylic acids is 1. The van der Waals surface area contributed by atoms with Crippen LogP contribution in [0.4, 0.5) is 0 Å². The molecule has 0 spiro atoms. The zero-order chi connectivity index (χ0) is 7.68. The minimum absolute atomic E-state index is 0.348. The average Bonchev–Trinajstić information content (AvgIpc) is 2.75. The molecule has 1 aliphatic carbocycles. The van der Waals surface area contributed by atoms with E-state index in [-0.39, 0.29) is 0 Å². The van der Waals surface area contributed by atoms with Crippen molar-refractivity contribution >= 4 is 6.47 Å². The van der Waals surface area contributed by atoms with Crippen LogP contribution in [0.2, 0.25) is 0 Å². The van der Waals surface area contributed by atoms with E-state index in [4.69, 9.17) is 0 Å². The second-order valence-electron chi connectivity index (χ2n) is 2.47. The van der Waals surface area contributed by atoms with Crippen LogP contribution in [0.25, 0.3) is 0 Å². The zero-order valence-corrected chi connectivity index (χ0v) is 5.80. The molecule has 58 valence electrons. The van der Waals surface area contributed by atoms with Gasteiger partial charge >= 0.3 is 6.47 Å². The summed E-state index contributed by atoms with van der Waals surface area (Å²) in [6.45, 7) is 0.348. The van der Waals surface area contributed by atoms with Crippen molar-refractivity contribution in [2.24, 2.45) is 0 Å². The Morgan fingerprint density at radius 3 is 3.18 bits per heavy atom. The number of hydrogen-bond donors (Lipinski definition) is 0. The SMILES string of the molecule is O=COn1ncnc1C1CC1. The Labute approximate surface area is 62.9 Å². The van der Waals surface area contributed by atoms with Crippen LogP contribution in [0.3, 0.4) is 0 Å². The number of rotatable bonds is 3. The third-order valence-electron chi connectivity index (χ3n) is 1.63. The van der Waals surface area contributed by atoms with Crippen molar-refractivity contribution in [1.29, 1.82) is 0 Å². The lowest BCUT2D eigenvalue weighted by atomic mass is 10.4. The van der Waals surface area contributed by atoms with E-state index < -0.39 is 0 Å². The Hall–Kier alpha value is -1.39. The molecule has 1 fully saturated rings. The predicted molar refractivity (Wildman–Crippen MR) is 34.6 cm³/mol. The molecule has 0 aliphatic heterocycles. The fourth-order valence-corrected chi connectivity index (χ4v) is 0.966. The van der Waals surface area contributed by atoms with Crippen molar-refractivity contribution in [3.8, 4) is 0 Å². The zero-order valence-electron chi connectivity index (χ0n) is 5.80. The van der Waals surface area contributed by atoms with Gasteiger partial charge in [0, 0.05) is 5.92 Å². The van der Waals surface area contributed by atoms with Crippen LogP contribution >= 0.6 is 0 Å². The molecule has 0 unspecified atom stereocenters. The van der Waals surface area contributed by atoms with Crippen molar-refractivity contribution in [2.45, 2.75) is 18.8 Å². The molecule has 1 aromatic heterocycles. The minimum Gasteiger partial charge on any atom is -0.321 e. The van der Waals surface area contributed by atoms with Gasteiger partial charge in [-0.3, -0.25) is 4.79 Å². The van der Waals surface area contributed by atoms with E-state index in [0.717, 1.165) is 18.7 Å². The van der Waals surface area contributed by atoms with Crippen LogP contribution in [0, 0.1) is 0 Å². The van der Waals surface area contributed by atoms with Crippen molar-refractivity contribution < 1.29 is 9.63 Å². The molecule has 0 radical (unpaired) electrons. The summed E-state index contributed by atoms with van der Waals surface area (Å²) in [6.07, 6.45) is 3.61. The number of carbonyl (C=O) groups is 1. The van der Waals surface area contributed by atoms with E-state index in [1.807, 2.05) is 0 Å². The largest absolute Gasteiger partial charge is 0.323 e. The van der Waals surface area contributed by atoms with E-state index >= 15 is 0 Å². The highest BCUT2D eigenvalue weighted by atomic mass is 16.7. The van der Waals surface area contributed by atoms with Crippen molar-refractivity contribution in [2.75, 3.05) is 0 Å². The van der Waals surface area contributed by atoms with Crippen molar-refractivity contribution in [3.63, 3.8) is 0 Å². The molecule has 1 aliphatic rings. The molecule has 0 atom stereocenters. The molecule has 1 heterocycles. The minimum atomic E-state index is 0.348. The highest BCUT2D eigenvalue weighted by molar-refractivity contribution is 5.37. The molecule has 0 bridgehead atoms. The molecule has 0 N–H and O–H groups in total. The molecular weight excluding hydrogens is 146 g/mol. The van der Waals surface area contributed by atoms with Gasteiger partial charge in [0.2, 0.25) is 0 Å². The molecule has 5 heteroatoms. The highest BCUT2D eigenvalue weighted by Gasteiger charge is 2.29. The molecular formula is C6H7N3O2. The highest BCUT2D eigenvalue weighted by Crippen LogP contribution is 2.38. The van der Waals surface area contributed by atoms with Crippen LogP contribution in [-0.4, -0.2) is 21.4 Å². The Bertz CT molecular complexity index is 267. The van der Waals surface area contributed by atoms with Crippen LogP contribution in [-0.2, 0) is 4.79 Å². The third kappa shape index (κ3) is 1.09. The first-order valence-corrected chi connectivity index (χ1v) is 3.42. The number of nitrogens with zero attached hydrogens (tertiary/aromatic N) is 3. The Balaban J connectivity index is 2.22. The Kier molecular flexibility index (Phi) is 1.34. The van der Waals surface area contributed by atoms with Gasteiger partial charge in [-0.15, -0.1) is 5.10 Å². The van der Waals surface area contributed by atoms with Gasteiger partial charge < -0.3 is 4.84 Å². The first kappa shape index (κ1) is 6.33. The van der Waals surface area contributed by atoms with E-state index in [0.29, 0.717) is 12.4 Å². The first-order valence-electron chi connectivity index (χ1n) is 3.42. The lowest BCUT2D eigenvalue weighted by Crippen LogP contribution is -2.13. The summed E-state index contributed by atoms with van der Waals surface area (Å²) in [4.78, 5) is 19.6. The second-order valence-corrected chi connectivity index (χ2v) is 2.47. The average molecular weight is 153 g/mol. The quantitative estimate of drug-likeness (QED) is 0.561. The maximum absolute atomic E-state index is 9.96. The molecule has 11 heavy (non-hydrogen) atoms.